The summed E-state index contributed by atoms with van der Waals surface area (Å²) in [7, 11) is 0. The van der Waals surface area contributed by atoms with Crippen molar-refractivity contribution < 1.29 is 4.79 Å². The number of fused-ring (bicyclic) bond motifs is 5. The standard InChI is InChI=1S/C16H14N2O/c17-13-9-15-10-5-1-2-6-11(10)16(19)18(15)14-8-4-3-7-12(13)14/h1-8,13,15H,9,17H2. The van der Waals surface area contributed by atoms with Crippen LogP contribution in [0.15, 0.2) is 48.5 Å². The third kappa shape index (κ3) is 1.33. The van der Waals surface area contributed by atoms with Gasteiger partial charge in [0.1, 0.15) is 0 Å². The van der Waals surface area contributed by atoms with E-state index in [4.69, 9.17) is 5.73 Å². The van der Waals surface area contributed by atoms with Gasteiger partial charge in [-0.25, -0.2) is 0 Å². The third-order valence-electron chi connectivity index (χ3n) is 4.15. The number of nitrogens with zero attached hydrogens (tertiary/aromatic N) is 1. The number of benzene rings is 2. The van der Waals surface area contributed by atoms with Gasteiger partial charge in [-0.3, -0.25) is 4.79 Å². The molecule has 2 aliphatic rings. The van der Waals surface area contributed by atoms with Crippen molar-refractivity contribution in [1.29, 1.82) is 0 Å². The molecule has 0 spiro atoms. The Bertz CT molecular complexity index is 680. The quantitative estimate of drug-likeness (QED) is 0.781. The molecule has 0 aromatic heterocycles. The first-order valence-corrected chi connectivity index (χ1v) is 6.54. The summed E-state index contributed by atoms with van der Waals surface area (Å²) in [6.45, 7) is 0. The fourth-order valence-electron chi connectivity index (χ4n) is 3.29. The Kier molecular flexibility index (Phi) is 2.09. The molecule has 19 heavy (non-hydrogen) atoms. The summed E-state index contributed by atoms with van der Waals surface area (Å²) in [6.07, 6.45) is 0.791. The SMILES string of the molecule is NC1CC2c3ccccc3C(=O)N2c2ccccc21. The van der Waals surface area contributed by atoms with Crippen molar-refractivity contribution in [2.24, 2.45) is 5.73 Å². The van der Waals surface area contributed by atoms with Crippen LogP contribution in [0.5, 0.6) is 0 Å². The van der Waals surface area contributed by atoms with Gasteiger partial charge in [-0.15, -0.1) is 0 Å². The maximum absolute atomic E-state index is 12.6. The molecule has 94 valence electrons. The van der Waals surface area contributed by atoms with Crippen LogP contribution in [0, 0.1) is 0 Å². The van der Waals surface area contributed by atoms with Crippen molar-refractivity contribution in [3.8, 4) is 0 Å². The van der Waals surface area contributed by atoms with Crippen LogP contribution in [0.1, 0.15) is 40.0 Å². The van der Waals surface area contributed by atoms with Gasteiger partial charge in [-0.05, 0) is 29.7 Å². The van der Waals surface area contributed by atoms with Crippen LogP contribution in [0.25, 0.3) is 0 Å². The lowest BCUT2D eigenvalue weighted by Gasteiger charge is -2.35. The Morgan fingerprint density at radius 1 is 1.00 bits per heavy atom. The van der Waals surface area contributed by atoms with Crippen LogP contribution in [0.3, 0.4) is 0 Å². The highest BCUT2D eigenvalue weighted by atomic mass is 16.2. The van der Waals surface area contributed by atoms with Crippen LogP contribution in [0.2, 0.25) is 0 Å². The Hall–Kier alpha value is -2.13. The van der Waals surface area contributed by atoms with Crippen molar-refractivity contribution in [2.45, 2.75) is 18.5 Å². The molecule has 2 aliphatic heterocycles. The Labute approximate surface area is 111 Å². The molecule has 2 atom stereocenters. The normalized spacial score (nSPS) is 23.8. The van der Waals surface area contributed by atoms with Crippen molar-refractivity contribution in [3.05, 3.63) is 65.2 Å². The van der Waals surface area contributed by atoms with E-state index in [1.807, 2.05) is 53.4 Å². The fourth-order valence-corrected chi connectivity index (χ4v) is 3.29. The first-order valence-electron chi connectivity index (χ1n) is 6.54. The molecule has 0 saturated heterocycles. The lowest BCUT2D eigenvalue weighted by molar-refractivity contribution is 0.0987. The van der Waals surface area contributed by atoms with Crippen LogP contribution in [-0.2, 0) is 0 Å². The highest BCUT2D eigenvalue weighted by molar-refractivity contribution is 6.11. The third-order valence-corrected chi connectivity index (χ3v) is 4.15. The molecule has 0 saturated carbocycles. The second-order valence-electron chi connectivity index (χ2n) is 5.18. The fraction of sp³-hybridized carbons (Fsp3) is 0.188. The molecule has 2 N–H and O–H groups in total. The summed E-state index contributed by atoms with van der Waals surface area (Å²) >= 11 is 0. The summed E-state index contributed by atoms with van der Waals surface area (Å²) in [5.41, 5.74) is 10.2. The van der Waals surface area contributed by atoms with Gasteiger partial charge in [0, 0.05) is 17.3 Å². The second-order valence-corrected chi connectivity index (χ2v) is 5.18. The van der Waals surface area contributed by atoms with Crippen LogP contribution < -0.4 is 10.6 Å². The zero-order valence-corrected chi connectivity index (χ0v) is 10.4. The number of para-hydroxylation sites is 1. The molecule has 3 heteroatoms. The van der Waals surface area contributed by atoms with Crippen LogP contribution in [-0.4, -0.2) is 5.91 Å². The average molecular weight is 250 g/mol. The Morgan fingerprint density at radius 2 is 1.68 bits per heavy atom. The first-order chi connectivity index (χ1) is 9.27. The molecule has 1 amide bonds. The van der Waals surface area contributed by atoms with E-state index in [1.165, 1.54) is 0 Å². The zero-order chi connectivity index (χ0) is 13.0. The average Bonchev–Trinajstić information content (AvgIpc) is 2.73. The maximum Gasteiger partial charge on any atom is 0.259 e. The van der Waals surface area contributed by atoms with Crippen molar-refractivity contribution in [1.82, 2.24) is 0 Å². The highest BCUT2D eigenvalue weighted by Crippen LogP contribution is 2.47. The van der Waals surface area contributed by atoms with Crippen molar-refractivity contribution >= 4 is 11.6 Å². The van der Waals surface area contributed by atoms with E-state index in [1.54, 1.807) is 0 Å². The number of carbonyl (C=O) groups is 1. The van der Waals surface area contributed by atoms with Crippen molar-refractivity contribution in [3.63, 3.8) is 0 Å². The lowest BCUT2D eigenvalue weighted by Crippen LogP contribution is -2.35. The predicted molar refractivity (Wildman–Crippen MR) is 74.0 cm³/mol. The van der Waals surface area contributed by atoms with E-state index in [-0.39, 0.29) is 18.0 Å². The van der Waals surface area contributed by atoms with Gasteiger partial charge in [0.25, 0.3) is 5.91 Å². The summed E-state index contributed by atoms with van der Waals surface area (Å²) in [6, 6.07) is 15.9. The molecule has 4 rings (SSSR count). The largest absolute Gasteiger partial charge is 0.324 e. The molecular weight excluding hydrogens is 236 g/mol. The predicted octanol–water partition coefficient (Wildman–Crippen LogP) is 2.79. The molecule has 0 fully saturated rings. The molecular formula is C16H14N2O. The first kappa shape index (κ1) is 10.8. The smallest absolute Gasteiger partial charge is 0.259 e. The van der Waals surface area contributed by atoms with Crippen LogP contribution >= 0.6 is 0 Å². The number of rotatable bonds is 0. The summed E-state index contributed by atoms with van der Waals surface area (Å²) in [4.78, 5) is 14.5. The van der Waals surface area contributed by atoms with Gasteiger partial charge in [-0.2, -0.15) is 0 Å². The molecule has 2 aromatic rings. The minimum absolute atomic E-state index is 0.00333. The Balaban J connectivity index is 1.95. The van der Waals surface area contributed by atoms with Gasteiger partial charge in [0.15, 0.2) is 0 Å². The number of amides is 1. The molecule has 0 radical (unpaired) electrons. The van der Waals surface area contributed by atoms with E-state index >= 15 is 0 Å². The van der Waals surface area contributed by atoms with Gasteiger partial charge < -0.3 is 10.6 Å². The summed E-state index contributed by atoms with van der Waals surface area (Å²) in [5, 5.41) is 0. The van der Waals surface area contributed by atoms with Crippen molar-refractivity contribution in [2.75, 3.05) is 4.90 Å². The lowest BCUT2D eigenvalue weighted by atomic mass is 9.90. The van der Waals surface area contributed by atoms with Gasteiger partial charge >= 0.3 is 0 Å². The number of hydrogen-bond acceptors (Lipinski definition) is 2. The van der Waals surface area contributed by atoms with E-state index in [0.717, 1.165) is 28.8 Å². The molecule has 2 aromatic carbocycles. The maximum atomic E-state index is 12.6. The van der Waals surface area contributed by atoms with E-state index in [0.29, 0.717) is 0 Å². The number of carbonyl (C=O) groups excluding carboxylic acids is 1. The van der Waals surface area contributed by atoms with Gasteiger partial charge in [0.05, 0.1) is 6.04 Å². The molecule has 0 aliphatic carbocycles. The molecule has 2 unspecified atom stereocenters. The van der Waals surface area contributed by atoms with Gasteiger partial charge in [0.2, 0.25) is 0 Å². The molecule has 0 bridgehead atoms. The number of nitrogens with two attached hydrogens (primary N) is 1. The number of anilines is 1. The summed E-state index contributed by atoms with van der Waals surface area (Å²) < 4.78 is 0. The second kappa shape index (κ2) is 3.68. The topological polar surface area (TPSA) is 46.3 Å². The Morgan fingerprint density at radius 3 is 2.53 bits per heavy atom. The number of hydrogen-bond donors (Lipinski definition) is 1. The van der Waals surface area contributed by atoms with Gasteiger partial charge in [-0.1, -0.05) is 36.4 Å². The van der Waals surface area contributed by atoms with E-state index < -0.39 is 0 Å². The molecule has 2 heterocycles. The van der Waals surface area contributed by atoms with Crippen LogP contribution in [0.4, 0.5) is 5.69 Å². The molecule has 3 nitrogen and oxygen atoms in total. The minimum atomic E-state index is -0.00333. The monoisotopic (exact) mass is 250 g/mol. The minimum Gasteiger partial charge on any atom is -0.324 e. The van der Waals surface area contributed by atoms with E-state index in [2.05, 4.69) is 0 Å². The summed E-state index contributed by atoms with van der Waals surface area (Å²) in [5.74, 6) is 0.0972. The zero-order valence-electron chi connectivity index (χ0n) is 10.4. The van der Waals surface area contributed by atoms with E-state index in [9.17, 15) is 4.79 Å². The highest BCUT2D eigenvalue weighted by Gasteiger charge is 2.42.